The molecule has 0 unspecified atom stereocenters. The first-order valence-electron chi connectivity index (χ1n) is 7.28. The second kappa shape index (κ2) is 6.26. The zero-order chi connectivity index (χ0) is 15.4. The molecule has 4 heteroatoms. The summed E-state index contributed by atoms with van der Waals surface area (Å²) in [5.41, 5.74) is 3.56. The van der Waals surface area contributed by atoms with Crippen molar-refractivity contribution >= 4 is 11.6 Å². The Bertz CT molecular complexity index is 764. The molecule has 0 spiro atoms. The van der Waals surface area contributed by atoms with E-state index in [0.717, 1.165) is 29.1 Å². The number of aromatic nitrogens is 2. The molecule has 2 aromatic carbocycles. The molecule has 0 aliphatic carbocycles. The predicted octanol–water partition coefficient (Wildman–Crippen LogP) is 3.89. The van der Waals surface area contributed by atoms with E-state index in [4.69, 9.17) is 0 Å². The SMILES string of the molecule is CCc1[nH]c(C(=O)Nc2ccccc2)nc1-c1ccccc1. The van der Waals surface area contributed by atoms with E-state index in [-0.39, 0.29) is 5.91 Å². The highest BCUT2D eigenvalue weighted by molar-refractivity contribution is 6.02. The number of benzene rings is 2. The first kappa shape index (κ1) is 14.1. The smallest absolute Gasteiger partial charge is 0.291 e. The van der Waals surface area contributed by atoms with E-state index in [1.807, 2.05) is 67.6 Å². The van der Waals surface area contributed by atoms with Gasteiger partial charge in [-0.2, -0.15) is 0 Å². The number of amides is 1. The fourth-order valence-corrected chi connectivity index (χ4v) is 2.32. The molecule has 2 N–H and O–H groups in total. The summed E-state index contributed by atoms with van der Waals surface area (Å²) in [6.45, 7) is 2.04. The fraction of sp³-hybridized carbons (Fsp3) is 0.111. The number of rotatable bonds is 4. The number of imidazole rings is 1. The van der Waals surface area contributed by atoms with Gasteiger partial charge in [-0.25, -0.2) is 4.98 Å². The van der Waals surface area contributed by atoms with Gasteiger partial charge < -0.3 is 10.3 Å². The Labute approximate surface area is 129 Å². The summed E-state index contributed by atoms with van der Waals surface area (Å²) in [6.07, 6.45) is 0.788. The number of H-pyrrole nitrogens is 1. The second-order valence-electron chi connectivity index (χ2n) is 4.95. The minimum absolute atomic E-state index is 0.233. The number of nitrogens with one attached hydrogen (secondary N) is 2. The number of nitrogens with zero attached hydrogens (tertiary/aromatic N) is 1. The quantitative estimate of drug-likeness (QED) is 0.766. The third-order valence-electron chi connectivity index (χ3n) is 3.43. The Kier molecular flexibility index (Phi) is 4.01. The van der Waals surface area contributed by atoms with E-state index in [2.05, 4.69) is 15.3 Å². The van der Waals surface area contributed by atoms with Gasteiger partial charge in [-0.3, -0.25) is 4.79 Å². The minimum Gasteiger partial charge on any atom is -0.337 e. The van der Waals surface area contributed by atoms with Gasteiger partial charge in [-0.15, -0.1) is 0 Å². The van der Waals surface area contributed by atoms with Crippen LogP contribution in [0.2, 0.25) is 0 Å². The molecule has 1 heterocycles. The molecule has 0 fully saturated rings. The average Bonchev–Trinajstić information content (AvgIpc) is 3.01. The van der Waals surface area contributed by atoms with Crippen LogP contribution in [-0.4, -0.2) is 15.9 Å². The van der Waals surface area contributed by atoms with Crippen molar-refractivity contribution in [3.8, 4) is 11.3 Å². The Hall–Kier alpha value is -2.88. The number of aromatic amines is 1. The van der Waals surface area contributed by atoms with E-state index in [1.165, 1.54) is 0 Å². The number of carbonyl (C=O) groups excluding carboxylic acids is 1. The number of anilines is 1. The molecular formula is C18H17N3O. The summed E-state index contributed by atoms with van der Waals surface area (Å²) in [7, 11) is 0. The molecule has 1 amide bonds. The monoisotopic (exact) mass is 291 g/mol. The highest BCUT2D eigenvalue weighted by Crippen LogP contribution is 2.22. The van der Waals surface area contributed by atoms with Crippen LogP contribution in [0.1, 0.15) is 23.2 Å². The van der Waals surface area contributed by atoms with Crippen molar-refractivity contribution in [3.63, 3.8) is 0 Å². The molecule has 3 aromatic rings. The molecule has 0 bridgehead atoms. The molecule has 0 saturated heterocycles. The average molecular weight is 291 g/mol. The van der Waals surface area contributed by atoms with Gasteiger partial charge in [0.15, 0.2) is 5.82 Å². The van der Waals surface area contributed by atoms with Crippen molar-refractivity contribution in [2.75, 3.05) is 5.32 Å². The highest BCUT2D eigenvalue weighted by atomic mass is 16.2. The highest BCUT2D eigenvalue weighted by Gasteiger charge is 2.16. The molecule has 0 saturated carbocycles. The third kappa shape index (κ3) is 2.91. The van der Waals surface area contributed by atoms with Gasteiger partial charge in [-0.1, -0.05) is 55.5 Å². The number of hydrogen-bond acceptors (Lipinski definition) is 2. The van der Waals surface area contributed by atoms with Crippen LogP contribution in [0.3, 0.4) is 0 Å². The number of carbonyl (C=O) groups is 1. The zero-order valence-electron chi connectivity index (χ0n) is 12.3. The second-order valence-corrected chi connectivity index (χ2v) is 4.95. The lowest BCUT2D eigenvalue weighted by Crippen LogP contribution is -2.13. The topological polar surface area (TPSA) is 57.8 Å². The first-order chi connectivity index (χ1) is 10.8. The largest absolute Gasteiger partial charge is 0.337 e. The molecule has 3 rings (SSSR count). The molecule has 110 valence electrons. The van der Waals surface area contributed by atoms with Crippen LogP contribution in [0, 0.1) is 0 Å². The van der Waals surface area contributed by atoms with Gasteiger partial charge in [0.2, 0.25) is 0 Å². The summed E-state index contributed by atoms with van der Waals surface area (Å²) in [5.74, 6) is 0.0997. The lowest BCUT2D eigenvalue weighted by molar-refractivity contribution is 0.101. The Morgan fingerprint density at radius 3 is 2.32 bits per heavy atom. The van der Waals surface area contributed by atoms with E-state index in [0.29, 0.717) is 5.82 Å². The fourth-order valence-electron chi connectivity index (χ4n) is 2.32. The van der Waals surface area contributed by atoms with Crippen LogP contribution in [-0.2, 0) is 6.42 Å². The van der Waals surface area contributed by atoms with Crippen LogP contribution in [0.5, 0.6) is 0 Å². The molecule has 0 aliphatic rings. The summed E-state index contributed by atoms with van der Waals surface area (Å²) in [6, 6.07) is 19.2. The molecular weight excluding hydrogens is 274 g/mol. The third-order valence-corrected chi connectivity index (χ3v) is 3.43. The van der Waals surface area contributed by atoms with Gasteiger partial charge in [-0.05, 0) is 18.6 Å². The summed E-state index contributed by atoms with van der Waals surface area (Å²) in [5, 5.41) is 2.84. The molecule has 1 aromatic heterocycles. The van der Waals surface area contributed by atoms with Gasteiger partial charge in [0.1, 0.15) is 0 Å². The Morgan fingerprint density at radius 1 is 1.05 bits per heavy atom. The predicted molar refractivity (Wildman–Crippen MR) is 87.8 cm³/mol. The first-order valence-corrected chi connectivity index (χ1v) is 7.28. The van der Waals surface area contributed by atoms with Crippen molar-refractivity contribution in [2.45, 2.75) is 13.3 Å². The van der Waals surface area contributed by atoms with E-state index >= 15 is 0 Å². The maximum Gasteiger partial charge on any atom is 0.291 e. The normalized spacial score (nSPS) is 10.4. The van der Waals surface area contributed by atoms with Crippen molar-refractivity contribution < 1.29 is 4.79 Å². The number of aryl methyl sites for hydroxylation is 1. The standard InChI is InChI=1S/C18H17N3O/c1-2-15-16(13-9-5-3-6-10-13)21-17(20-15)18(22)19-14-11-7-4-8-12-14/h3-12H,2H2,1H3,(H,19,22)(H,20,21). The van der Waals surface area contributed by atoms with Crippen LogP contribution in [0.25, 0.3) is 11.3 Å². The summed E-state index contributed by atoms with van der Waals surface area (Å²) < 4.78 is 0. The van der Waals surface area contributed by atoms with Crippen LogP contribution in [0.15, 0.2) is 60.7 Å². The molecule has 0 atom stereocenters. The van der Waals surface area contributed by atoms with Gasteiger partial charge in [0.05, 0.1) is 5.69 Å². The van der Waals surface area contributed by atoms with Crippen molar-refractivity contribution in [3.05, 3.63) is 72.2 Å². The lowest BCUT2D eigenvalue weighted by Gasteiger charge is -2.01. The van der Waals surface area contributed by atoms with E-state index in [9.17, 15) is 4.79 Å². The van der Waals surface area contributed by atoms with Crippen LogP contribution in [0.4, 0.5) is 5.69 Å². The molecule has 22 heavy (non-hydrogen) atoms. The maximum absolute atomic E-state index is 12.3. The Balaban J connectivity index is 1.89. The maximum atomic E-state index is 12.3. The number of hydrogen-bond donors (Lipinski definition) is 2. The lowest BCUT2D eigenvalue weighted by atomic mass is 10.1. The molecule has 4 nitrogen and oxygen atoms in total. The molecule has 0 radical (unpaired) electrons. The van der Waals surface area contributed by atoms with Crippen LogP contribution < -0.4 is 5.32 Å². The van der Waals surface area contributed by atoms with Gasteiger partial charge in [0, 0.05) is 16.9 Å². The van der Waals surface area contributed by atoms with Gasteiger partial charge in [0.25, 0.3) is 5.91 Å². The van der Waals surface area contributed by atoms with Crippen molar-refractivity contribution in [1.29, 1.82) is 0 Å². The van der Waals surface area contributed by atoms with Crippen molar-refractivity contribution in [1.82, 2.24) is 9.97 Å². The summed E-state index contributed by atoms with van der Waals surface area (Å²) in [4.78, 5) is 19.9. The minimum atomic E-state index is -0.233. The summed E-state index contributed by atoms with van der Waals surface area (Å²) >= 11 is 0. The Morgan fingerprint density at radius 2 is 1.68 bits per heavy atom. The zero-order valence-corrected chi connectivity index (χ0v) is 12.3. The molecule has 0 aliphatic heterocycles. The van der Waals surface area contributed by atoms with Crippen molar-refractivity contribution in [2.24, 2.45) is 0 Å². The van der Waals surface area contributed by atoms with Crippen LogP contribution >= 0.6 is 0 Å². The van der Waals surface area contributed by atoms with E-state index < -0.39 is 0 Å². The van der Waals surface area contributed by atoms with E-state index in [1.54, 1.807) is 0 Å². The van der Waals surface area contributed by atoms with Gasteiger partial charge >= 0.3 is 0 Å². The number of para-hydroxylation sites is 1.